The lowest BCUT2D eigenvalue weighted by molar-refractivity contribution is -0.134. The number of carbonyl (C=O) groups is 3. The Morgan fingerprint density at radius 3 is 2.81 bits per heavy atom. The number of methoxy groups -OCH3 is 1. The largest absolute Gasteiger partial charge is 0.495 e. The molecule has 1 aromatic carbocycles. The number of urea groups is 1. The maximum Gasteiger partial charge on any atom is 0.319 e. The van der Waals surface area contributed by atoms with Gasteiger partial charge < -0.3 is 15.4 Å². The Kier molecular flexibility index (Phi) is 4.42. The van der Waals surface area contributed by atoms with Gasteiger partial charge in [0.1, 0.15) is 11.8 Å². The molecule has 0 radical (unpaired) electrons. The standard InChI is InChI=1S/C14H17N3O4/c1-8-3-5-11(21-2)10(7-8)16-14(20)15-9-4-6-12(18)17-13(9)19/h3,5,7,9H,4,6H2,1-2H3,(H2,15,16,20)(H,17,18,19). The second-order valence-electron chi connectivity index (χ2n) is 4.81. The predicted octanol–water partition coefficient (Wildman–Crippen LogP) is 0.930. The molecule has 1 fully saturated rings. The number of rotatable bonds is 3. The normalized spacial score (nSPS) is 17.9. The first-order chi connectivity index (χ1) is 9.99. The third-order valence-electron chi connectivity index (χ3n) is 3.15. The topological polar surface area (TPSA) is 96.5 Å². The number of carbonyl (C=O) groups excluding carboxylic acids is 3. The monoisotopic (exact) mass is 291 g/mol. The van der Waals surface area contributed by atoms with Crippen molar-refractivity contribution in [2.45, 2.75) is 25.8 Å². The summed E-state index contributed by atoms with van der Waals surface area (Å²) < 4.78 is 5.16. The Balaban J connectivity index is 2.00. The van der Waals surface area contributed by atoms with Crippen LogP contribution in [0.4, 0.5) is 10.5 Å². The van der Waals surface area contributed by atoms with Crippen molar-refractivity contribution in [2.24, 2.45) is 0 Å². The summed E-state index contributed by atoms with van der Waals surface area (Å²) in [5.74, 6) is -0.282. The zero-order valence-electron chi connectivity index (χ0n) is 11.9. The predicted molar refractivity (Wildman–Crippen MR) is 76.1 cm³/mol. The molecule has 1 saturated heterocycles. The van der Waals surface area contributed by atoms with Gasteiger partial charge in [-0.25, -0.2) is 4.79 Å². The molecule has 1 unspecified atom stereocenters. The fourth-order valence-electron chi connectivity index (χ4n) is 2.07. The van der Waals surface area contributed by atoms with Crippen LogP contribution < -0.4 is 20.7 Å². The van der Waals surface area contributed by atoms with Crippen molar-refractivity contribution in [3.63, 3.8) is 0 Å². The van der Waals surface area contributed by atoms with Gasteiger partial charge in [0.2, 0.25) is 11.8 Å². The molecule has 0 aliphatic carbocycles. The highest BCUT2D eigenvalue weighted by molar-refractivity contribution is 6.02. The number of amides is 4. The smallest absolute Gasteiger partial charge is 0.319 e. The van der Waals surface area contributed by atoms with E-state index in [2.05, 4.69) is 16.0 Å². The SMILES string of the molecule is COc1ccc(C)cc1NC(=O)NC1CCC(=O)NC1=O. The van der Waals surface area contributed by atoms with Gasteiger partial charge >= 0.3 is 6.03 Å². The maximum atomic E-state index is 11.9. The molecule has 1 aliphatic heterocycles. The van der Waals surface area contributed by atoms with Gasteiger partial charge in [0, 0.05) is 6.42 Å². The van der Waals surface area contributed by atoms with E-state index in [-0.39, 0.29) is 12.3 Å². The van der Waals surface area contributed by atoms with Crippen LogP contribution in [-0.4, -0.2) is 31.0 Å². The van der Waals surface area contributed by atoms with Crippen molar-refractivity contribution < 1.29 is 19.1 Å². The van der Waals surface area contributed by atoms with Gasteiger partial charge in [-0.15, -0.1) is 0 Å². The van der Waals surface area contributed by atoms with E-state index in [4.69, 9.17) is 4.74 Å². The number of aryl methyl sites for hydroxylation is 1. The van der Waals surface area contributed by atoms with Gasteiger partial charge in [-0.3, -0.25) is 14.9 Å². The second-order valence-corrected chi connectivity index (χ2v) is 4.81. The highest BCUT2D eigenvalue weighted by Crippen LogP contribution is 2.25. The maximum absolute atomic E-state index is 11.9. The summed E-state index contributed by atoms with van der Waals surface area (Å²) in [5, 5.41) is 7.37. The summed E-state index contributed by atoms with van der Waals surface area (Å²) in [5.41, 5.74) is 1.48. The van der Waals surface area contributed by atoms with Crippen LogP contribution in [0.1, 0.15) is 18.4 Å². The number of hydrogen-bond acceptors (Lipinski definition) is 4. The van der Waals surface area contributed by atoms with Crippen LogP contribution in [0.2, 0.25) is 0 Å². The van der Waals surface area contributed by atoms with Gasteiger partial charge in [0.05, 0.1) is 12.8 Å². The molecule has 3 N–H and O–H groups in total. The molecule has 7 heteroatoms. The highest BCUT2D eigenvalue weighted by Gasteiger charge is 2.27. The van der Waals surface area contributed by atoms with E-state index in [1.165, 1.54) is 7.11 Å². The molecular weight excluding hydrogens is 274 g/mol. The quantitative estimate of drug-likeness (QED) is 0.722. The lowest BCUT2D eigenvalue weighted by Crippen LogP contribution is -2.53. The first-order valence-corrected chi connectivity index (χ1v) is 6.55. The molecule has 0 aromatic heterocycles. The van der Waals surface area contributed by atoms with Crippen LogP contribution in [-0.2, 0) is 9.59 Å². The first kappa shape index (κ1) is 14.8. The molecule has 0 spiro atoms. The first-order valence-electron chi connectivity index (χ1n) is 6.55. The van der Waals surface area contributed by atoms with Crippen molar-refractivity contribution in [2.75, 3.05) is 12.4 Å². The summed E-state index contributed by atoms with van der Waals surface area (Å²) in [6.45, 7) is 1.89. The van der Waals surface area contributed by atoms with E-state index in [9.17, 15) is 14.4 Å². The minimum absolute atomic E-state index is 0.213. The Hall–Kier alpha value is -2.57. The molecule has 1 atom stereocenters. The lowest BCUT2D eigenvalue weighted by Gasteiger charge is -2.22. The molecule has 21 heavy (non-hydrogen) atoms. The van der Waals surface area contributed by atoms with Gasteiger partial charge in [0.25, 0.3) is 0 Å². The van der Waals surface area contributed by atoms with Gasteiger partial charge in [-0.2, -0.15) is 0 Å². The van der Waals surface area contributed by atoms with Crippen molar-refractivity contribution in [1.29, 1.82) is 0 Å². The lowest BCUT2D eigenvalue weighted by atomic mass is 10.1. The summed E-state index contributed by atoms with van der Waals surface area (Å²) in [7, 11) is 1.51. The Morgan fingerprint density at radius 2 is 2.14 bits per heavy atom. The molecule has 1 aliphatic rings. The highest BCUT2D eigenvalue weighted by atomic mass is 16.5. The number of anilines is 1. The van der Waals surface area contributed by atoms with E-state index in [1.807, 2.05) is 13.0 Å². The number of piperidine rings is 1. The van der Waals surface area contributed by atoms with Crippen molar-refractivity contribution in [1.82, 2.24) is 10.6 Å². The summed E-state index contributed by atoms with van der Waals surface area (Å²) in [6.07, 6.45) is 0.507. The number of benzene rings is 1. The van der Waals surface area contributed by atoms with Gasteiger partial charge in [-0.1, -0.05) is 6.07 Å². The van der Waals surface area contributed by atoms with Crippen molar-refractivity contribution in [3.8, 4) is 5.75 Å². The zero-order chi connectivity index (χ0) is 15.4. The number of hydrogen-bond donors (Lipinski definition) is 3. The molecule has 1 aromatic rings. The van der Waals surface area contributed by atoms with Gasteiger partial charge in [0.15, 0.2) is 0 Å². The van der Waals surface area contributed by atoms with Crippen molar-refractivity contribution >= 4 is 23.5 Å². The summed E-state index contributed by atoms with van der Waals surface area (Å²) in [6, 6.07) is 4.15. The van der Waals surface area contributed by atoms with E-state index in [0.717, 1.165) is 5.56 Å². The van der Waals surface area contributed by atoms with E-state index < -0.39 is 18.0 Å². The van der Waals surface area contributed by atoms with Gasteiger partial charge in [-0.05, 0) is 31.0 Å². The van der Waals surface area contributed by atoms with Crippen LogP contribution in [0.15, 0.2) is 18.2 Å². The third-order valence-corrected chi connectivity index (χ3v) is 3.15. The molecule has 0 bridgehead atoms. The molecule has 0 saturated carbocycles. The Labute approximate surface area is 122 Å². The summed E-state index contributed by atoms with van der Waals surface area (Å²) in [4.78, 5) is 34.6. The number of nitrogens with one attached hydrogen (secondary N) is 3. The molecule has 7 nitrogen and oxygen atoms in total. The van der Waals surface area contributed by atoms with Crippen LogP contribution >= 0.6 is 0 Å². The van der Waals surface area contributed by atoms with E-state index >= 15 is 0 Å². The number of imide groups is 1. The average Bonchev–Trinajstić information content (AvgIpc) is 2.42. The van der Waals surface area contributed by atoms with E-state index in [0.29, 0.717) is 17.9 Å². The Bertz CT molecular complexity index is 586. The Morgan fingerprint density at radius 1 is 1.38 bits per heavy atom. The molecule has 112 valence electrons. The average molecular weight is 291 g/mol. The van der Waals surface area contributed by atoms with Crippen LogP contribution in [0.25, 0.3) is 0 Å². The number of ether oxygens (including phenoxy) is 1. The minimum atomic E-state index is -0.710. The molecule has 2 rings (SSSR count). The van der Waals surface area contributed by atoms with Crippen LogP contribution in [0.5, 0.6) is 5.75 Å². The third kappa shape index (κ3) is 3.71. The second kappa shape index (κ2) is 6.25. The fraction of sp³-hybridized carbons (Fsp3) is 0.357. The van der Waals surface area contributed by atoms with Crippen molar-refractivity contribution in [3.05, 3.63) is 23.8 Å². The molecule has 1 heterocycles. The van der Waals surface area contributed by atoms with E-state index in [1.54, 1.807) is 12.1 Å². The zero-order valence-corrected chi connectivity index (χ0v) is 11.9. The molecular formula is C14H17N3O4. The fourth-order valence-corrected chi connectivity index (χ4v) is 2.07. The van der Waals surface area contributed by atoms with Crippen LogP contribution in [0.3, 0.4) is 0 Å². The molecule has 4 amide bonds. The van der Waals surface area contributed by atoms with Crippen LogP contribution in [0, 0.1) is 6.92 Å². The minimum Gasteiger partial charge on any atom is -0.495 e. The summed E-state index contributed by atoms with van der Waals surface area (Å²) >= 11 is 0.